The van der Waals surface area contributed by atoms with Crippen molar-refractivity contribution in [3.63, 3.8) is 0 Å². The summed E-state index contributed by atoms with van der Waals surface area (Å²) in [5, 5.41) is 9.09. The molecule has 0 aliphatic heterocycles. The van der Waals surface area contributed by atoms with Gasteiger partial charge in [0.2, 0.25) is 5.91 Å². The fourth-order valence-corrected chi connectivity index (χ4v) is 1.76. The molecule has 0 saturated heterocycles. The van der Waals surface area contributed by atoms with Crippen LogP contribution in [0.3, 0.4) is 0 Å². The SMILES string of the molecule is CCNc1ncnc(NCC(=O)NC(C)C)c1CC. The first-order valence-electron chi connectivity index (χ1n) is 6.69. The Morgan fingerprint density at radius 2 is 1.84 bits per heavy atom. The van der Waals surface area contributed by atoms with Crippen molar-refractivity contribution in [2.45, 2.75) is 40.2 Å². The average molecular weight is 265 g/mol. The molecular formula is C13H23N5O. The lowest BCUT2D eigenvalue weighted by atomic mass is 10.2. The number of hydrogen-bond acceptors (Lipinski definition) is 5. The third kappa shape index (κ3) is 4.73. The minimum Gasteiger partial charge on any atom is -0.370 e. The van der Waals surface area contributed by atoms with E-state index in [9.17, 15) is 4.79 Å². The van der Waals surface area contributed by atoms with Crippen LogP contribution < -0.4 is 16.0 Å². The molecule has 0 aromatic carbocycles. The molecule has 1 heterocycles. The second kappa shape index (κ2) is 7.56. The van der Waals surface area contributed by atoms with Gasteiger partial charge in [-0.25, -0.2) is 9.97 Å². The molecule has 0 radical (unpaired) electrons. The summed E-state index contributed by atoms with van der Waals surface area (Å²) in [6, 6.07) is 0.141. The number of carbonyl (C=O) groups excluding carboxylic acids is 1. The minimum absolute atomic E-state index is 0.0410. The smallest absolute Gasteiger partial charge is 0.239 e. The highest BCUT2D eigenvalue weighted by Gasteiger charge is 2.10. The van der Waals surface area contributed by atoms with Gasteiger partial charge >= 0.3 is 0 Å². The summed E-state index contributed by atoms with van der Waals surface area (Å²) < 4.78 is 0. The van der Waals surface area contributed by atoms with E-state index in [1.54, 1.807) is 0 Å². The van der Waals surface area contributed by atoms with Crippen molar-refractivity contribution in [3.05, 3.63) is 11.9 Å². The number of nitrogens with one attached hydrogen (secondary N) is 3. The fourth-order valence-electron chi connectivity index (χ4n) is 1.76. The molecule has 1 aromatic rings. The summed E-state index contributed by atoms with van der Waals surface area (Å²) in [6.07, 6.45) is 2.30. The highest BCUT2D eigenvalue weighted by atomic mass is 16.1. The van der Waals surface area contributed by atoms with Gasteiger partial charge in [0.15, 0.2) is 0 Å². The van der Waals surface area contributed by atoms with Gasteiger partial charge in [-0.3, -0.25) is 4.79 Å². The monoisotopic (exact) mass is 265 g/mol. The van der Waals surface area contributed by atoms with E-state index >= 15 is 0 Å². The van der Waals surface area contributed by atoms with Crippen molar-refractivity contribution in [3.8, 4) is 0 Å². The summed E-state index contributed by atoms with van der Waals surface area (Å²) in [7, 11) is 0. The van der Waals surface area contributed by atoms with E-state index in [2.05, 4.69) is 25.9 Å². The van der Waals surface area contributed by atoms with E-state index in [1.807, 2.05) is 27.7 Å². The molecule has 0 atom stereocenters. The first-order chi connectivity index (χ1) is 9.08. The van der Waals surface area contributed by atoms with Gasteiger partial charge in [0.1, 0.15) is 18.0 Å². The van der Waals surface area contributed by atoms with Crippen LogP contribution in [0.2, 0.25) is 0 Å². The standard InChI is InChI=1S/C13H23N5O/c1-5-10-12(14-6-2)16-8-17-13(10)15-7-11(19)18-9(3)4/h8-9H,5-7H2,1-4H3,(H,18,19)(H2,14,15,16,17). The van der Waals surface area contributed by atoms with Crippen molar-refractivity contribution in [2.24, 2.45) is 0 Å². The van der Waals surface area contributed by atoms with E-state index in [1.165, 1.54) is 6.33 Å². The maximum atomic E-state index is 11.6. The first-order valence-corrected chi connectivity index (χ1v) is 6.69. The molecule has 19 heavy (non-hydrogen) atoms. The lowest BCUT2D eigenvalue weighted by molar-refractivity contribution is -0.119. The predicted octanol–water partition coefficient (Wildman–Crippen LogP) is 1.41. The number of rotatable bonds is 7. The zero-order valence-electron chi connectivity index (χ0n) is 12.1. The highest BCUT2D eigenvalue weighted by Crippen LogP contribution is 2.19. The minimum atomic E-state index is -0.0410. The maximum Gasteiger partial charge on any atom is 0.239 e. The molecule has 6 heteroatoms. The quantitative estimate of drug-likeness (QED) is 0.694. The molecule has 1 aromatic heterocycles. The Bertz CT molecular complexity index is 419. The summed E-state index contributed by atoms with van der Waals surface area (Å²) in [5.74, 6) is 1.50. The number of amides is 1. The van der Waals surface area contributed by atoms with Crippen molar-refractivity contribution in [1.29, 1.82) is 0 Å². The molecule has 6 nitrogen and oxygen atoms in total. The third-order valence-corrected chi connectivity index (χ3v) is 2.51. The Balaban J connectivity index is 2.72. The van der Waals surface area contributed by atoms with Crippen LogP contribution in [-0.2, 0) is 11.2 Å². The maximum absolute atomic E-state index is 11.6. The fraction of sp³-hybridized carbons (Fsp3) is 0.615. The molecule has 0 saturated carbocycles. The van der Waals surface area contributed by atoms with Crippen molar-refractivity contribution >= 4 is 17.5 Å². The first kappa shape index (κ1) is 15.2. The molecule has 1 rings (SSSR count). The third-order valence-electron chi connectivity index (χ3n) is 2.51. The lowest BCUT2D eigenvalue weighted by Gasteiger charge is -2.14. The van der Waals surface area contributed by atoms with Crippen LogP contribution in [0.4, 0.5) is 11.6 Å². The van der Waals surface area contributed by atoms with E-state index in [-0.39, 0.29) is 18.5 Å². The van der Waals surface area contributed by atoms with Crippen LogP contribution >= 0.6 is 0 Å². The Hall–Kier alpha value is -1.85. The molecule has 0 aliphatic carbocycles. The normalized spacial score (nSPS) is 10.4. The van der Waals surface area contributed by atoms with Gasteiger partial charge in [0, 0.05) is 18.2 Å². The van der Waals surface area contributed by atoms with E-state index in [4.69, 9.17) is 0 Å². The van der Waals surface area contributed by atoms with Crippen LogP contribution in [0.15, 0.2) is 6.33 Å². The largest absolute Gasteiger partial charge is 0.370 e. The van der Waals surface area contributed by atoms with Gasteiger partial charge in [-0.2, -0.15) is 0 Å². The van der Waals surface area contributed by atoms with Crippen LogP contribution in [0.25, 0.3) is 0 Å². The number of carbonyl (C=O) groups is 1. The summed E-state index contributed by atoms with van der Waals surface area (Å²) >= 11 is 0. The van der Waals surface area contributed by atoms with Gasteiger partial charge in [-0.15, -0.1) is 0 Å². The second-order valence-electron chi connectivity index (χ2n) is 4.51. The molecule has 1 amide bonds. The molecular weight excluding hydrogens is 242 g/mol. The average Bonchev–Trinajstić information content (AvgIpc) is 2.36. The van der Waals surface area contributed by atoms with E-state index < -0.39 is 0 Å². The highest BCUT2D eigenvalue weighted by molar-refractivity contribution is 5.81. The number of nitrogens with zero attached hydrogens (tertiary/aromatic N) is 2. The van der Waals surface area contributed by atoms with Gasteiger partial charge < -0.3 is 16.0 Å². The zero-order valence-corrected chi connectivity index (χ0v) is 12.1. The molecule has 106 valence electrons. The van der Waals surface area contributed by atoms with Crippen LogP contribution in [-0.4, -0.2) is 35.0 Å². The topological polar surface area (TPSA) is 78.9 Å². The number of anilines is 2. The molecule has 3 N–H and O–H groups in total. The van der Waals surface area contributed by atoms with Crippen molar-refractivity contribution < 1.29 is 4.79 Å². The molecule has 0 spiro atoms. The Labute approximate surface area is 114 Å². The predicted molar refractivity (Wildman–Crippen MR) is 77.3 cm³/mol. The van der Waals surface area contributed by atoms with Gasteiger partial charge in [0.25, 0.3) is 0 Å². The summed E-state index contributed by atoms with van der Waals surface area (Å²) in [6.45, 7) is 8.95. The van der Waals surface area contributed by atoms with Gasteiger partial charge in [-0.1, -0.05) is 6.92 Å². The summed E-state index contributed by atoms with van der Waals surface area (Å²) in [5.41, 5.74) is 1.00. The molecule has 0 unspecified atom stereocenters. The zero-order chi connectivity index (χ0) is 14.3. The molecule has 0 fully saturated rings. The molecule has 0 bridgehead atoms. The second-order valence-corrected chi connectivity index (χ2v) is 4.51. The van der Waals surface area contributed by atoms with Crippen LogP contribution in [0, 0.1) is 0 Å². The van der Waals surface area contributed by atoms with Crippen molar-refractivity contribution in [2.75, 3.05) is 23.7 Å². The number of aromatic nitrogens is 2. The van der Waals surface area contributed by atoms with Gasteiger partial charge in [0.05, 0.1) is 6.54 Å². The van der Waals surface area contributed by atoms with E-state index in [0.717, 1.165) is 24.3 Å². The Morgan fingerprint density at radius 1 is 1.21 bits per heavy atom. The lowest BCUT2D eigenvalue weighted by Crippen LogP contribution is -2.35. The molecule has 0 aliphatic rings. The van der Waals surface area contributed by atoms with Crippen LogP contribution in [0.1, 0.15) is 33.3 Å². The Kier molecular flexibility index (Phi) is 6.05. The van der Waals surface area contributed by atoms with Gasteiger partial charge in [-0.05, 0) is 27.2 Å². The van der Waals surface area contributed by atoms with E-state index in [0.29, 0.717) is 5.82 Å². The Morgan fingerprint density at radius 3 is 2.37 bits per heavy atom. The number of hydrogen-bond donors (Lipinski definition) is 3. The summed E-state index contributed by atoms with van der Waals surface area (Å²) in [4.78, 5) is 20.0. The van der Waals surface area contributed by atoms with Crippen LogP contribution in [0.5, 0.6) is 0 Å². The van der Waals surface area contributed by atoms with Crippen molar-refractivity contribution in [1.82, 2.24) is 15.3 Å².